The van der Waals surface area contributed by atoms with Crippen molar-refractivity contribution in [2.75, 3.05) is 12.8 Å². The highest BCUT2D eigenvalue weighted by Gasteiger charge is 1.99. The highest BCUT2D eigenvalue weighted by Crippen LogP contribution is 2.14. The van der Waals surface area contributed by atoms with Crippen molar-refractivity contribution in [3.05, 3.63) is 18.2 Å². The molecule has 1 aromatic heterocycles. The number of aromatic nitrogens is 1. The number of pyridine rings is 1. The van der Waals surface area contributed by atoms with Gasteiger partial charge in [0.2, 0.25) is 5.95 Å². The number of hydrogen-bond acceptors (Lipinski definition) is 3. The lowest BCUT2D eigenvalue weighted by Gasteiger charge is -1.99. The van der Waals surface area contributed by atoms with Gasteiger partial charge in [0.1, 0.15) is 5.75 Å². The summed E-state index contributed by atoms with van der Waals surface area (Å²) >= 11 is 0. The molecule has 0 atom stereocenters. The van der Waals surface area contributed by atoms with Crippen LogP contribution in [0.25, 0.3) is 0 Å². The maximum Gasteiger partial charge on any atom is 0.236 e. The third-order valence-corrected chi connectivity index (χ3v) is 1.08. The van der Waals surface area contributed by atoms with Crippen LogP contribution in [0.2, 0.25) is 0 Å². The lowest BCUT2D eigenvalue weighted by molar-refractivity contribution is 0.410. The molecule has 54 valence electrons. The highest BCUT2D eigenvalue weighted by molar-refractivity contribution is 5.41. The second kappa shape index (κ2) is 2.51. The minimum absolute atomic E-state index is 0.000602. The number of nitrogens with zero attached hydrogens (tertiary/aromatic N) is 1. The third-order valence-electron chi connectivity index (χ3n) is 1.08. The SMILES string of the molecule is COc1cnc(F)c(N)c1. The van der Waals surface area contributed by atoms with Crippen molar-refractivity contribution in [3.63, 3.8) is 0 Å². The monoisotopic (exact) mass is 142 g/mol. The minimum Gasteiger partial charge on any atom is -0.495 e. The summed E-state index contributed by atoms with van der Waals surface area (Å²) in [7, 11) is 1.47. The molecule has 0 amide bonds. The maximum atomic E-state index is 12.3. The molecule has 0 radical (unpaired) electrons. The molecule has 0 saturated heterocycles. The Kier molecular flexibility index (Phi) is 1.71. The molecule has 3 nitrogen and oxygen atoms in total. The Balaban J connectivity index is 3.04. The number of nitrogens with two attached hydrogens (primary N) is 1. The number of anilines is 1. The zero-order chi connectivity index (χ0) is 7.56. The second-order valence-corrected chi connectivity index (χ2v) is 1.76. The molecule has 0 aromatic carbocycles. The fourth-order valence-electron chi connectivity index (χ4n) is 0.557. The smallest absolute Gasteiger partial charge is 0.236 e. The van der Waals surface area contributed by atoms with Gasteiger partial charge < -0.3 is 10.5 Å². The maximum absolute atomic E-state index is 12.3. The van der Waals surface area contributed by atoms with Crippen molar-refractivity contribution >= 4 is 5.69 Å². The molecule has 1 heterocycles. The Morgan fingerprint density at radius 3 is 2.90 bits per heavy atom. The molecule has 0 bridgehead atoms. The summed E-state index contributed by atoms with van der Waals surface area (Å²) in [4.78, 5) is 3.33. The van der Waals surface area contributed by atoms with Gasteiger partial charge >= 0.3 is 0 Å². The Hall–Kier alpha value is -1.32. The van der Waals surface area contributed by atoms with Crippen molar-refractivity contribution in [1.82, 2.24) is 4.98 Å². The van der Waals surface area contributed by atoms with Crippen molar-refractivity contribution in [1.29, 1.82) is 0 Å². The molecule has 0 saturated carbocycles. The summed E-state index contributed by atoms with van der Waals surface area (Å²) in [6, 6.07) is 1.38. The zero-order valence-corrected chi connectivity index (χ0v) is 5.47. The van der Waals surface area contributed by atoms with Gasteiger partial charge in [-0.3, -0.25) is 0 Å². The molecule has 0 unspecified atom stereocenters. The molecule has 1 aromatic rings. The van der Waals surface area contributed by atoms with E-state index < -0.39 is 5.95 Å². The summed E-state index contributed by atoms with van der Waals surface area (Å²) < 4.78 is 17.1. The summed E-state index contributed by atoms with van der Waals surface area (Å²) in [5.74, 6) is -0.209. The van der Waals surface area contributed by atoms with Crippen LogP contribution in [0.3, 0.4) is 0 Å². The molecule has 0 spiro atoms. The Morgan fingerprint density at radius 2 is 2.40 bits per heavy atom. The van der Waals surface area contributed by atoms with Crippen LogP contribution in [0.4, 0.5) is 10.1 Å². The Morgan fingerprint density at radius 1 is 1.70 bits per heavy atom. The lowest BCUT2D eigenvalue weighted by Crippen LogP contribution is -1.94. The van der Waals surface area contributed by atoms with Gasteiger partial charge in [0.05, 0.1) is 19.0 Å². The van der Waals surface area contributed by atoms with Crippen molar-refractivity contribution < 1.29 is 9.13 Å². The standard InChI is InChI=1S/C6H7FN2O/c1-10-4-2-5(8)6(7)9-3-4/h2-3H,8H2,1H3. The van der Waals surface area contributed by atoms with E-state index in [9.17, 15) is 4.39 Å². The van der Waals surface area contributed by atoms with E-state index in [0.29, 0.717) is 5.75 Å². The molecular formula is C6H7FN2O. The van der Waals surface area contributed by atoms with E-state index in [0.717, 1.165) is 0 Å². The first-order chi connectivity index (χ1) is 4.74. The Labute approximate surface area is 57.6 Å². The summed E-state index contributed by atoms with van der Waals surface area (Å²) in [5, 5.41) is 0. The summed E-state index contributed by atoms with van der Waals surface area (Å²) in [5.41, 5.74) is 5.18. The molecule has 10 heavy (non-hydrogen) atoms. The van der Waals surface area contributed by atoms with Gasteiger partial charge in [0.15, 0.2) is 0 Å². The first kappa shape index (κ1) is 6.80. The van der Waals surface area contributed by atoms with Gasteiger partial charge in [-0.05, 0) is 0 Å². The van der Waals surface area contributed by atoms with E-state index in [1.807, 2.05) is 0 Å². The molecule has 4 heteroatoms. The van der Waals surface area contributed by atoms with E-state index in [1.54, 1.807) is 0 Å². The number of halogens is 1. The predicted molar refractivity (Wildman–Crippen MR) is 35.2 cm³/mol. The van der Waals surface area contributed by atoms with E-state index >= 15 is 0 Å². The third kappa shape index (κ3) is 1.15. The fourth-order valence-corrected chi connectivity index (χ4v) is 0.557. The van der Waals surface area contributed by atoms with E-state index in [2.05, 4.69) is 4.98 Å². The van der Waals surface area contributed by atoms with E-state index in [1.165, 1.54) is 19.4 Å². The Bertz CT molecular complexity index is 239. The number of nitrogen functional groups attached to an aromatic ring is 1. The van der Waals surface area contributed by atoms with Crippen LogP contribution in [0.1, 0.15) is 0 Å². The second-order valence-electron chi connectivity index (χ2n) is 1.76. The van der Waals surface area contributed by atoms with Crippen molar-refractivity contribution in [3.8, 4) is 5.75 Å². The van der Waals surface area contributed by atoms with Gasteiger partial charge in [-0.15, -0.1) is 0 Å². The number of hydrogen-bond donors (Lipinski definition) is 1. The number of ether oxygens (including phenoxy) is 1. The fraction of sp³-hybridized carbons (Fsp3) is 0.167. The van der Waals surface area contributed by atoms with Crippen LogP contribution >= 0.6 is 0 Å². The molecule has 1 rings (SSSR count). The zero-order valence-electron chi connectivity index (χ0n) is 5.47. The minimum atomic E-state index is -0.666. The molecule has 2 N–H and O–H groups in total. The summed E-state index contributed by atoms with van der Waals surface area (Å²) in [6.45, 7) is 0. The van der Waals surface area contributed by atoms with Crippen LogP contribution in [0, 0.1) is 5.95 Å². The van der Waals surface area contributed by atoms with Gasteiger partial charge in [0, 0.05) is 6.07 Å². The number of rotatable bonds is 1. The number of methoxy groups -OCH3 is 1. The van der Waals surface area contributed by atoms with Crippen LogP contribution in [0.15, 0.2) is 12.3 Å². The van der Waals surface area contributed by atoms with Gasteiger partial charge in [-0.25, -0.2) is 4.98 Å². The molecular weight excluding hydrogens is 135 g/mol. The van der Waals surface area contributed by atoms with Crippen molar-refractivity contribution in [2.24, 2.45) is 0 Å². The van der Waals surface area contributed by atoms with Crippen molar-refractivity contribution in [2.45, 2.75) is 0 Å². The average molecular weight is 142 g/mol. The van der Waals surface area contributed by atoms with Gasteiger partial charge in [-0.1, -0.05) is 0 Å². The highest BCUT2D eigenvalue weighted by atomic mass is 19.1. The first-order valence-electron chi connectivity index (χ1n) is 2.69. The average Bonchev–Trinajstić information content (AvgIpc) is 1.95. The normalized spacial score (nSPS) is 9.40. The largest absolute Gasteiger partial charge is 0.495 e. The quantitative estimate of drug-likeness (QED) is 0.590. The molecule has 0 aliphatic carbocycles. The van der Waals surface area contributed by atoms with Crippen LogP contribution < -0.4 is 10.5 Å². The summed E-state index contributed by atoms with van der Waals surface area (Å²) in [6.07, 6.45) is 1.27. The molecule has 0 aliphatic rings. The van der Waals surface area contributed by atoms with Crippen LogP contribution in [-0.4, -0.2) is 12.1 Å². The van der Waals surface area contributed by atoms with Crippen LogP contribution in [0.5, 0.6) is 5.75 Å². The van der Waals surface area contributed by atoms with Crippen LogP contribution in [-0.2, 0) is 0 Å². The van der Waals surface area contributed by atoms with E-state index in [-0.39, 0.29) is 5.69 Å². The molecule has 0 fully saturated rings. The lowest BCUT2D eigenvalue weighted by atomic mass is 10.4. The van der Waals surface area contributed by atoms with E-state index in [4.69, 9.17) is 10.5 Å². The topological polar surface area (TPSA) is 48.1 Å². The first-order valence-corrected chi connectivity index (χ1v) is 2.69. The molecule has 0 aliphatic heterocycles. The van der Waals surface area contributed by atoms with Gasteiger partial charge in [0.25, 0.3) is 0 Å². The predicted octanol–water partition coefficient (Wildman–Crippen LogP) is 0.811. The van der Waals surface area contributed by atoms with Gasteiger partial charge in [-0.2, -0.15) is 4.39 Å².